The third-order valence-corrected chi connectivity index (χ3v) is 2.94. The summed E-state index contributed by atoms with van der Waals surface area (Å²) in [6, 6.07) is 6.14. The molecular weight excluding hydrogens is 248 g/mol. The van der Waals surface area contributed by atoms with Crippen molar-refractivity contribution in [1.82, 2.24) is 9.55 Å². The first-order valence-corrected chi connectivity index (χ1v) is 6.02. The number of imidazole rings is 1. The van der Waals surface area contributed by atoms with E-state index in [1.807, 2.05) is 25.3 Å². The highest BCUT2D eigenvalue weighted by Crippen LogP contribution is 2.30. The van der Waals surface area contributed by atoms with Crippen LogP contribution >= 0.6 is 0 Å². The normalized spacial score (nSPS) is 12.1. The molecule has 2 rings (SSSR count). The van der Waals surface area contributed by atoms with Crippen molar-refractivity contribution in [2.75, 3.05) is 5.73 Å². The molecule has 0 aliphatic heterocycles. The van der Waals surface area contributed by atoms with E-state index in [0.29, 0.717) is 17.1 Å². The molecule has 1 aromatic carbocycles. The lowest BCUT2D eigenvalue weighted by Gasteiger charge is -2.22. The molecule has 102 valence electrons. The Morgan fingerprint density at radius 2 is 1.95 bits per heavy atom. The summed E-state index contributed by atoms with van der Waals surface area (Å²) in [7, 11) is 0. The van der Waals surface area contributed by atoms with Gasteiger partial charge in [0, 0.05) is 16.7 Å². The van der Waals surface area contributed by atoms with E-state index in [2.05, 4.69) is 4.98 Å². The van der Waals surface area contributed by atoms with Crippen LogP contribution in [-0.2, 0) is 5.54 Å². The standard InChI is InChI=1S/C14H17F2N3/c1-14(2,3)19-8-18-11(13(19)17)9-5-4-6-10(7-9)12(15)16/h4-8,12H,17H2,1-3H3. The predicted octanol–water partition coefficient (Wildman–Crippen LogP) is 3.82. The Kier molecular flexibility index (Phi) is 3.30. The molecule has 0 amide bonds. The number of benzene rings is 1. The molecule has 1 aromatic heterocycles. The fourth-order valence-electron chi connectivity index (χ4n) is 1.94. The van der Waals surface area contributed by atoms with E-state index in [9.17, 15) is 8.78 Å². The molecule has 0 saturated carbocycles. The average molecular weight is 265 g/mol. The summed E-state index contributed by atoms with van der Waals surface area (Å²) >= 11 is 0. The van der Waals surface area contributed by atoms with Crippen LogP contribution in [-0.4, -0.2) is 9.55 Å². The smallest absolute Gasteiger partial charge is 0.263 e. The average Bonchev–Trinajstić information content (AvgIpc) is 2.71. The van der Waals surface area contributed by atoms with Crippen LogP contribution in [0.2, 0.25) is 0 Å². The first-order chi connectivity index (χ1) is 8.80. The van der Waals surface area contributed by atoms with Gasteiger partial charge < -0.3 is 10.3 Å². The Labute approximate surface area is 111 Å². The first kappa shape index (κ1) is 13.5. The summed E-state index contributed by atoms with van der Waals surface area (Å²) in [5.41, 5.74) is 6.98. The highest BCUT2D eigenvalue weighted by atomic mass is 19.3. The third kappa shape index (κ3) is 2.59. The minimum absolute atomic E-state index is 0.0257. The van der Waals surface area contributed by atoms with Crippen LogP contribution in [0, 0.1) is 0 Å². The number of hydrogen-bond donors (Lipinski definition) is 1. The van der Waals surface area contributed by atoms with Gasteiger partial charge in [-0.25, -0.2) is 13.8 Å². The SMILES string of the molecule is CC(C)(C)n1cnc(-c2cccc(C(F)F)c2)c1N. The molecule has 0 unspecified atom stereocenters. The van der Waals surface area contributed by atoms with Gasteiger partial charge in [-0.15, -0.1) is 0 Å². The second-order valence-corrected chi connectivity index (χ2v) is 5.45. The maximum atomic E-state index is 12.7. The zero-order chi connectivity index (χ0) is 14.2. The van der Waals surface area contributed by atoms with Gasteiger partial charge in [0.2, 0.25) is 0 Å². The van der Waals surface area contributed by atoms with E-state index in [1.165, 1.54) is 12.1 Å². The molecule has 2 aromatic rings. The van der Waals surface area contributed by atoms with E-state index in [1.54, 1.807) is 18.5 Å². The number of nitrogens with zero attached hydrogens (tertiary/aromatic N) is 2. The van der Waals surface area contributed by atoms with E-state index < -0.39 is 6.43 Å². The molecule has 0 atom stereocenters. The minimum atomic E-state index is -2.49. The molecule has 0 bridgehead atoms. The first-order valence-electron chi connectivity index (χ1n) is 6.02. The van der Waals surface area contributed by atoms with Crippen molar-refractivity contribution in [3.05, 3.63) is 36.2 Å². The lowest BCUT2D eigenvalue weighted by atomic mass is 10.1. The maximum absolute atomic E-state index is 12.7. The van der Waals surface area contributed by atoms with Crippen LogP contribution in [0.5, 0.6) is 0 Å². The maximum Gasteiger partial charge on any atom is 0.263 e. The fraction of sp³-hybridized carbons (Fsp3) is 0.357. The largest absolute Gasteiger partial charge is 0.383 e. The second-order valence-electron chi connectivity index (χ2n) is 5.45. The number of rotatable bonds is 2. The minimum Gasteiger partial charge on any atom is -0.383 e. The molecule has 2 N–H and O–H groups in total. The van der Waals surface area contributed by atoms with Gasteiger partial charge in [0.15, 0.2) is 0 Å². The van der Waals surface area contributed by atoms with Crippen molar-refractivity contribution >= 4 is 5.82 Å². The van der Waals surface area contributed by atoms with Crippen molar-refractivity contribution in [3.63, 3.8) is 0 Å². The van der Waals surface area contributed by atoms with Gasteiger partial charge in [-0.3, -0.25) is 0 Å². The topological polar surface area (TPSA) is 43.8 Å². The number of aromatic nitrogens is 2. The Bertz CT molecular complexity index is 583. The van der Waals surface area contributed by atoms with Crippen molar-refractivity contribution < 1.29 is 8.78 Å². The van der Waals surface area contributed by atoms with Gasteiger partial charge in [-0.2, -0.15) is 0 Å². The molecule has 0 spiro atoms. The molecular formula is C14H17F2N3. The van der Waals surface area contributed by atoms with Crippen LogP contribution in [0.1, 0.15) is 32.8 Å². The number of nitrogen functional groups attached to an aromatic ring is 1. The van der Waals surface area contributed by atoms with Gasteiger partial charge in [0.25, 0.3) is 6.43 Å². The summed E-state index contributed by atoms with van der Waals surface area (Å²) in [6.45, 7) is 6.01. The number of nitrogens with two attached hydrogens (primary N) is 1. The van der Waals surface area contributed by atoms with Crippen molar-refractivity contribution in [2.45, 2.75) is 32.7 Å². The molecule has 0 aliphatic carbocycles. The Balaban J connectivity index is 2.49. The zero-order valence-electron chi connectivity index (χ0n) is 11.2. The number of hydrogen-bond acceptors (Lipinski definition) is 2. The van der Waals surface area contributed by atoms with E-state index in [0.717, 1.165) is 0 Å². The van der Waals surface area contributed by atoms with E-state index >= 15 is 0 Å². The summed E-state index contributed by atoms with van der Waals surface area (Å²) in [6.07, 6.45) is -0.856. The Hall–Kier alpha value is -1.91. The number of anilines is 1. The summed E-state index contributed by atoms with van der Waals surface area (Å²) < 4.78 is 27.2. The highest BCUT2D eigenvalue weighted by molar-refractivity contribution is 5.71. The molecule has 5 heteroatoms. The molecule has 0 radical (unpaired) electrons. The summed E-state index contributed by atoms with van der Waals surface area (Å²) in [5, 5.41) is 0. The molecule has 3 nitrogen and oxygen atoms in total. The van der Waals surface area contributed by atoms with Crippen molar-refractivity contribution in [1.29, 1.82) is 0 Å². The lowest BCUT2D eigenvalue weighted by molar-refractivity contribution is 0.151. The summed E-state index contributed by atoms with van der Waals surface area (Å²) in [4.78, 5) is 4.25. The number of alkyl halides is 2. The monoisotopic (exact) mass is 265 g/mol. The van der Waals surface area contributed by atoms with Crippen LogP contribution in [0.3, 0.4) is 0 Å². The van der Waals surface area contributed by atoms with E-state index in [4.69, 9.17) is 5.73 Å². The van der Waals surface area contributed by atoms with Crippen LogP contribution in [0.15, 0.2) is 30.6 Å². The Morgan fingerprint density at radius 1 is 1.26 bits per heavy atom. The van der Waals surface area contributed by atoms with Crippen LogP contribution in [0.4, 0.5) is 14.6 Å². The highest BCUT2D eigenvalue weighted by Gasteiger charge is 2.19. The second kappa shape index (κ2) is 4.64. The third-order valence-electron chi connectivity index (χ3n) is 2.94. The van der Waals surface area contributed by atoms with Crippen LogP contribution < -0.4 is 5.73 Å². The predicted molar refractivity (Wildman–Crippen MR) is 72.0 cm³/mol. The molecule has 0 aliphatic rings. The van der Waals surface area contributed by atoms with Gasteiger partial charge in [0.1, 0.15) is 11.5 Å². The van der Waals surface area contributed by atoms with Crippen molar-refractivity contribution in [2.24, 2.45) is 0 Å². The lowest BCUT2D eigenvalue weighted by Crippen LogP contribution is -2.22. The Morgan fingerprint density at radius 3 is 2.47 bits per heavy atom. The van der Waals surface area contributed by atoms with E-state index in [-0.39, 0.29) is 11.1 Å². The summed E-state index contributed by atoms with van der Waals surface area (Å²) in [5.74, 6) is 0.485. The van der Waals surface area contributed by atoms with Gasteiger partial charge in [-0.1, -0.05) is 18.2 Å². The fourth-order valence-corrected chi connectivity index (χ4v) is 1.94. The quantitative estimate of drug-likeness (QED) is 0.897. The van der Waals surface area contributed by atoms with Gasteiger partial charge >= 0.3 is 0 Å². The molecule has 0 saturated heterocycles. The molecule has 1 heterocycles. The van der Waals surface area contributed by atoms with Gasteiger partial charge in [-0.05, 0) is 26.8 Å². The molecule has 19 heavy (non-hydrogen) atoms. The van der Waals surface area contributed by atoms with Gasteiger partial charge in [0.05, 0.1) is 6.33 Å². The van der Waals surface area contributed by atoms with Crippen LogP contribution in [0.25, 0.3) is 11.3 Å². The van der Waals surface area contributed by atoms with Crippen molar-refractivity contribution in [3.8, 4) is 11.3 Å². The zero-order valence-corrected chi connectivity index (χ0v) is 11.2. The molecule has 0 fully saturated rings. The number of halogens is 2.